The molecule has 0 bridgehead atoms. The Labute approximate surface area is 169 Å². The van der Waals surface area contributed by atoms with Crippen LogP contribution in [0.15, 0.2) is 42.5 Å². The van der Waals surface area contributed by atoms with Gasteiger partial charge in [0, 0.05) is 11.4 Å². The molecule has 0 radical (unpaired) electrons. The second-order valence-corrected chi connectivity index (χ2v) is 6.81. The van der Waals surface area contributed by atoms with Gasteiger partial charge in [0.05, 0.1) is 19.2 Å². The number of nitrogens with zero attached hydrogens (tertiary/aromatic N) is 4. The van der Waals surface area contributed by atoms with Crippen LogP contribution < -0.4 is 15.8 Å². The molecule has 3 N–H and O–H groups in total. The summed E-state index contributed by atoms with van der Waals surface area (Å²) in [4.78, 5) is 8.91. The van der Waals surface area contributed by atoms with Crippen molar-refractivity contribution in [1.82, 2.24) is 24.9 Å². The van der Waals surface area contributed by atoms with E-state index in [-0.39, 0.29) is 12.0 Å². The van der Waals surface area contributed by atoms with Crippen molar-refractivity contribution in [2.45, 2.75) is 25.7 Å². The molecule has 0 spiro atoms. The summed E-state index contributed by atoms with van der Waals surface area (Å²) in [5.41, 5.74) is 7.23. The Morgan fingerprint density at radius 1 is 1.13 bits per heavy atom. The molecule has 4 rings (SSSR count). The highest BCUT2D eigenvalue weighted by Crippen LogP contribution is 2.30. The molecule has 2 aromatic heterocycles. The molecule has 0 fully saturated rings. The summed E-state index contributed by atoms with van der Waals surface area (Å²) < 4.78 is 45.0. The van der Waals surface area contributed by atoms with E-state index in [9.17, 15) is 13.2 Å². The van der Waals surface area contributed by atoms with Gasteiger partial charge in [0.2, 0.25) is 5.95 Å². The summed E-state index contributed by atoms with van der Waals surface area (Å²) in [6, 6.07) is 10.3. The zero-order valence-electron chi connectivity index (χ0n) is 16.2. The number of nitrogen functional groups attached to an aromatic ring is 1. The standard InChI is InChI=1S/C20H19F3N6O/c1-11(12-6-8-13(9-7-12)20(21,22)23)25-10-16-26-18-14-4-3-5-15(30-2)17(14)27-19(24)29(18)28-16/h3-9,11,25H,10H2,1-2H3,(H2,24,27). The first-order chi connectivity index (χ1) is 14.3. The van der Waals surface area contributed by atoms with Gasteiger partial charge in [-0.25, -0.2) is 9.97 Å². The number of benzene rings is 2. The summed E-state index contributed by atoms with van der Waals surface area (Å²) >= 11 is 0. The van der Waals surface area contributed by atoms with Crippen molar-refractivity contribution in [2.24, 2.45) is 0 Å². The van der Waals surface area contributed by atoms with Crippen molar-refractivity contribution >= 4 is 22.5 Å². The predicted molar refractivity (Wildman–Crippen MR) is 106 cm³/mol. The largest absolute Gasteiger partial charge is 0.494 e. The Morgan fingerprint density at radius 2 is 1.87 bits per heavy atom. The Balaban J connectivity index is 1.57. The number of anilines is 1. The number of nitrogens with one attached hydrogen (secondary N) is 1. The topological polar surface area (TPSA) is 90.4 Å². The van der Waals surface area contributed by atoms with Crippen molar-refractivity contribution in [3.8, 4) is 5.75 Å². The third kappa shape index (κ3) is 3.61. The number of aromatic nitrogens is 4. The van der Waals surface area contributed by atoms with E-state index in [1.807, 2.05) is 19.1 Å². The van der Waals surface area contributed by atoms with E-state index < -0.39 is 11.7 Å². The van der Waals surface area contributed by atoms with Crippen molar-refractivity contribution in [2.75, 3.05) is 12.8 Å². The number of para-hydroxylation sites is 1. The second-order valence-electron chi connectivity index (χ2n) is 6.81. The lowest BCUT2D eigenvalue weighted by Gasteiger charge is -2.14. The molecule has 0 amide bonds. The van der Waals surface area contributed by atoms with Crippen LogP contribution in [0.25, 0.3) is 16.6 Å². The first kappa shape index (κ1) is 19.9. The lowest BCUT2D eigenvalue weighted by atomic mass is 10.1. The Morgan fingerprint density at radius 3 is 2.53 bits per heavy atom. The fourth-order valence-corrected chi connectivity index (χ4v) is 3.23. The number of hydrogen-bond acceptors (Lipinski definition) is 6. The molecule has 1 unspecified atom stereocenters. The molecular weight excluding hydrogens is 397 g/mol. The van der Waals surface area contributed by atoms with E-state index in [4.69, 9.17) is 10.5 Å². The molecule has 156 valence electrons. The molecule has 4 aromatic rings. The van der Waals surface area contributed by atoms with Crippen LogP contribution in [0.5, 0.6) is 5.75 Å². The Bertz CT molecular complexity index is 1200. The van der Waals surface area contributed by atoms with E-state index in [2.05, 4.69) is 20.4 Å². The van der Waals surface area contributed by atoms with Crippen LogP contribution in [0.1, 0.15) is 29.9 Å². The van der Waals surface area contributed by atoms with Crippen LogP contribution in [-0.2, 0) is 12.7 Å². The van der Waals surface area contributed by atoms with Gasteiger partial charge in [-0.3, -0.25) is 0 Å². The fourth-order valence-electron chi connectivity index (χ4n) is 3.23. The number of methoxy groups -OCH3 is 1. The smallest absolute Gasteiger partial charge is 0.416 e. The van der Waals surface area contributed by atoms with Crippen LogP contribution >= 0.6 is 0 Å². The minimum absolute atomic E-state index is 0.177. The van der Waals surface area contributed by atoms with Gasteiger partial charge in [0.1, 0.15) is 11.3 Å². The maximum atomic E-state index is 12.7. The number of rotatable bonds is 5. The molecule has 0 aliphatic carbocycles. The second kappa shape index (κ2) is 7.45. The molecule has 10 heteroatoms. The maximum absolute atomic E-state index is 12.7. The third-order valence-electron chi connectivity index (χ3n) is 4.86. The molecule has 0 saturated heterocycles. The first-order valence-electron chi connectivity index (χ1n) is 9.16. The van der Waals surface area contributed by atoms with Crippen LogP contribution in [0.3, 0.4) is 0 Å². The predicted octanol–water partition coefficient (Wildman–Crippen LogP) is 3.74. The molecule has 30 heavy (non-hydrogen) atoms. The van der Waals surface area contributed by atoms with Gasteiger partial charge in [-0.15, -0.1) is 5.10 Å². The van der Waals surface area contributed by atoms with E-state index in [1.165, 1.54) is 16.6 Å². The molecular formula is C20H19F3N6O. The molecule has 0 aliphatic rings. The average molecular weight is 416 g/mol. The molecule has 1 atom stereocenters. The van der Waals surface area contributed by atoms with Crippen molar-refractivity contribution in [1.29, 1.82) is 0 Å². The first-order valence-corrected chi connectivity index (χ1v) is 9.16. The van der Waals surface area contributed by atoms with Crippen molar-refractivity contribution in [3.05, 3.63) is 59.4 Å². The van der Waals surface area contributed by atoms with Crippen LogP contribution in [-0.4, -0.2) is 26.7 Å². The van der Waals surface area contributed by atoms with Crippen LogP contribution in [0, 0.1) is 0 Å². The van der Waals surface area contributed by atoms with Crippen molar-refractivity contribution in [3.63, 3.8) is 0 Å². The van der Waals surface area contributed by atoms with Gasteiger partial charge in [0.15, 0.2) is 11.5 Å². The van der Waals surface area contributed by atoms with E-state index in [1.54, 1.807) is 13.2 Å². The monoisotopic (exact) mass is 416 g/mol. The minimum Gasteiger partial charge on any atom is -0.494 e. The zero-order valence-corrected chi connectivity index (χ0v) is 16.2. The SMILES string of the molecule is COc1cccc2c1nc(N)n1nc(CNC(C)c3ccc(C(F)(F)F)cc3)nc21. The lowest BCUT2D eigenvalue weighted by Crippen LogP contribution is -2.19. The maximum Gasteiger partial charge on any atom is 0.416 e. The van der Waals surface area contributed by atoms with Crippen LogP contribution in [0.2, 0.25) is 0 Å². The molecule has 7 nitrogen and oxygen atoms in total. The van der Waals surface area contributed by atoms with E-state index in [0.29, 0.717) is 29.3 Å². The quantitative estimate of drug-likeness (QED) is 0.515. The third-order valence-corrected chi connectivity index (χ3v) is 4.86. The van der Waals surface area contributed by atoms with Gasteiger partial charge in [-0.1, -0.05) is 18.2 Å². The number of hydrogen-bond donors (Lipinski definition) is 2. The highest BCUT2D eigenvalue weighted by atomic mass is 19.4. The Hall–Kier alpha value is -3.40. The van der Waals surface area contributed by atoms with Gasteiger partial charge >= 0.3 is 6.18 Å². The molecule has 2 heterocycles. The molecule has 2 aromatic carbocycles. The number of nitrogens with two attached hydrogens (primary N) is 1. The van der Waals surface area contributed by atoms with Gasteiger partial charge in [-0.05, 0) is 36.8 Å². The number of ether oxygens (including phenoxy) is 1. The van der Waals surface area contributed by atoms with Gasteiger partial charge in [0.25, 0.3) is 0 Å². The summed E-state index contributed by atoms with van der Waals surface area (Å²) in [7, 11) is 1.55. The summed E-state index contributed by atoms with van der Waals surface area (Å²) in [6.45, 7) is 2.16. The zero-order chi connectivity index (χ0) is 21.5. The highest BCUT2D eigenvalue weighted by molar-refractivity contribution is 5.95. The Kier molecular flexibility index (Phi) is 4.94. The average Bonchev–Trinajstić information content (AvgIpc) is 3.16. The lowest BCUT2D eigenvalue weighted by molar-refractivity contribution is -0.137. The number of fused-ring (bicyclic) bond motifs is 3. The summed E-state index contributed by atoms with van der Waals surface area (Å²) in [5.74, 6) is 1.24. The molecule has 0 saturated carbocycles. The van der Waals surface area contributed by atoms with Crippen LogP contribution in [0.4, 0.5) is 19.1 Å². The van der Waals surface area contributed by atoms with Gasteiger partial charge < -0.3 is 15.8 Å². The fraction of sp³-hybridized carbons (Fsp3) is 0.250. The molecule has 0 aliphatic heterocycles. The van der Waals surface area contributed by atoms with Crippen molar-refractivity contribution < 1.29 is 17.9 Å². The van der Waals surface area contributed by atoms with Gasteiger partial charge in [-0.2, -0.15) is 17.7 Å². The van der Waals surface area contributed by atoms with E-state index >= 15 is 0 Å². The summed E-state index contributed by atoms with van der Waals surface area (Å²) in [5, 5.41) is 8.36. The highest BCUT2D eigenvalue weighted by Gasteiger charge is 2.30. The summed E-state index contributed by atoms with van der Waals surface area (Å²) in [6.07, 6.45) is -4.35. The normalized spacial score (nSPS) is 13.1. The number of halogens is 3. The van der Waals surface area contributed by atoms with E-state index in [0.717, 1.165) is 23.1 Å². The minimum atomic E-state index is -4.35. The number of alkyl halides is 3.